The second kappa shape index (κ2) is 8.82. The Morgan fingerprint density at radius 1 is 1.23 bits per heavy atom. The zero-order valence-corrected chi connectivity index (χ0v) is 14.8. The van der Waals surface area contributed by atoms with Crippen molar-refractivity contribution < 1.29 is 34.4 Å². The molecule has 1 aliphatic heterocycles. The fraction of sp³-hybridized carbons (Fsp3) is 0.474. The van der Waals surface area contributed by atoms with Gasteiger partial charge in [-0.25, -0.2) is 4.79 Å². The standard InChI is InChI=1S/C19H24O7/c1-11-5-3-7-14(20)18(23)15(21)8-4-6-12-9-13(25-2)10-16(22)17(12)19(24)26-11/h4,6,9-11,15,18,21-23H,3,5,7-8H2,1-2H3/b6-4+/t11-,15-,18+/m0/s1. The summed E-state index contributed by atoms with van der Waals surface area (Å²) in [5.41, 5.74) is 0.348. The summed E-state index contributed by atoms with van der Waals surface area (Å²) in [6.45, 7) is 1.69. The highest BCUT2D eigenvalue weighted by Crippen LogP contribution is 2.30. The second-order valence-electron chi connectivity index (χ2n) is 6.34. The molecule has 7 heteroatoms. The van der Waals surface area contributed by atoms with Gasteiger partial charge in [0.15, 0.2) is 5.78 Å². The number of rotatable bonds is 1. The maximum Gasteiger partial charge on any atom is 0.342 e. The van der Waals surface area contributed by atoms with E-state index in [4.69, 9.17) is 9.47 Å². The second-order valence-corrected chi connectivity index (χ2v) is 6.34. The Balaban J connectivity index is 2.41. The molecule has 0 amide bonds. The molecule has 26 heavy (non-hydrogen) atoms. The molecular weight excluding hydrogens is 340 g/mol. The first-order valence-corrected chi connectivity index (χ1v) is 8.50. The zero-order chi connectivity index (χ0) is 19.3. The summed E-state index contributed by atoms with van der Waals surface area (Å²) >= 11 is 0. The number of cyclic esters (lactones) is 1. The number of esters is 1. The Morgan fingerprint density at radius 2 is 1.96 bits per heavy atom. The summed E-state index contributed by atoms with van der Waals surface area (Å²) in [5, 5.41) is 30.1. The van der Waals surface area contributed by atoms with Gasteiger partial charge in [0.25, 0.3) is 0 Å². The van der Waals surface area contributed by atoms with E-state index >= 15 is 0 Å². The average molecular weight is 364 g/mol. The molecule has 7 nitrogen and oxygen atoms in total. The topological polar surface area (TPSA) is 113 Å². The number of carbonyl (C=O) groups excluding carboxylic acids is 2. The molecule has 142 valence electrons. The lowest BCUT2D eigenvalue weighted by molar-refractivity contribution is -0.132. The Morgan fingerprint density at radius 3 is 2.65 bits per heavy atom. The Labute approximate surface area is 151 Å². The molecule has 0 fully saturated rings. The molecule has 3 atom stereocenters. The Hall–Kier alpha value is -2.38. The Kier molecular flexibility index (Phi) is 6.76. The monoisotopic (exact) mass is 364 g/mol. The van der Waals surface area contributed by atoms with Crippen LogP contribution in [0, 0.1) is 0 Å². The number of phenols is 1. The SMILES string of the molecule is COc1cc(O)c2c(c1)/C=C/C[C@H](O)[C@H](O)C(=O)CCC[C@H](C)OC2=O. The van der Waals surface area contributed by atoms with Gasteiger partial charge in [0.05, 0.1) is 19.3 Å². The van der Waals surface area contributed by atoms with E-state index in [1.54, 1.807) is 13.0 Å². The van der Waals surface area contributed by atoms with Crippen molar-refractivity contribution >= 4 is 17.8 Å². The van der Waals surface area contributed by atoms with Crippen LogP contribution in [0.1, 0.15) is 48.5 Å². The van der Waals surface area contributed by atoms with Crippen molar-refractivity contribution in [3.05, 3.63) is 29.3 Å². The third-order valence-corrected chi connectivity index (χ3v) is 4.27. The quantitative estimate of drug-likeness (QED) is 0.652. The lowest BCUT2D eigenvalue weighted by Gasteiger charge is -2.18. The van der Waals surface area contributed by atoms with Crippen LogP contribution in [0.3, 0.4) is 0 Å². The molecule has 0 aliphatic carbocycles. The lowest BCUT2D eigenvalue weighted by atomic mass is 9.99. The highest BCUT2D eigenvalue weighted by Gasteiger charge is 2.25. The number of methoxy groups -OCH3 is 1. The summed E-state index contributed by atoms with van der Waals surface area (Å²) in [4.78, 5) is 24.4. The molecule has 1 aliphatic rings. The van der Waals surface area contributed by atoms with Crippen molar-refractivity contribution in [1.29, 1.82) is 0 Å². The summed E-state index contributed by atoms with van der Waals surface area (Å²) in [7, 11) is 1.43. The number of aliphatic hydroxyl groups is 2. The van der Waals surface area contributed by atoms with Crippen LogP contribution in [0.25, 0.3) is 6.08 Å². The number of hydrogen-bond donors (Lipinski definition) is 3. The van der Waals surface area contributed by atoms with Crippen LogP contribution < -0.4 is 4.74 Å². The molecule has 1 heterocycles. The van der Waals surface area contributed by atoms with Crippen molar-refractivity contribution in [3.63, 3.8) is 0 Å². The first-order valence-electron chi connectivity index (χ1n) is 8.50. The van der Waals surface area contributed by atoms with Gasteiger partial charge in [0.1, 0.15) is 23.2 Å². The third-order valence-electron chi connectivity index (χ3n) is 4.27. The number of Topliss-reactive ketones (excluding diaryl/α,β-unsaturated/α-hetero) is 1. The van der Waals surface area contributed by atoms with Gasteiger partial charge < -0.3 is 24.8 Å². The highest BCUT2D eigenvalue weighted by molar-refractivity contribution is 5.97. The number of hydrogen-bond acceptors (Lipinski definition) is 7. The zero-order valence-electron chi connectivity index (χ0n) is 14.8. The highest BCUT2D eigenvalue weighted by atomic mass is 16.5. The van der Waals surface area contributed by atoms with Crippen LogP contribution in [0.2, 0.25) is 0 Å². The van der Waals surface area contributed by atoms with Gasteiger partial charge in [-0.15, -0.1) is 0 Å². The molecule has 0 spiro atoms. The van der Waals surface area contributed by atoms with E-state index in [1.165, 1.54) is 25.3 Å². The number of ether oxygens (including phenoxy) is 2. The minimum Gasteiger partial charge on any atom is -0.507 e. The fourth-order valence-electron chi connectivity index (χ4n) is 2.78. The Bertz CT molecular complexity index is 695. The van der Waals surface area contributed by atoms with Crippen molar-refractivity contribution in [1.82, 2.24) is 0 Å². The predicted molar refractivity (Wildman–Crippen MR) is 94.1 cm³/mol. The van der Waals surface area contributed by atoms with Crippen molar-refractivity contribution in [2.24, 2.45) is 0 Å². The molecule has 3 N–H and O–H groups in total. The van der Waals surface area contributed by atoms with Gasteiger partial charge >= 0.3 is 5.97 Å². The lowest BCUT2D eigenvalue weighted by Crippen LogP contribution is -2.33. The number of ketones is 1. The van der Waals surface area contributed by atoms with E-state index < -0.39 is 30.1 Å². The molecule has 2 rings (SSSR count). The van der Waals surface area contributed by atoms with E-state index in [0.29, 0.717) is 24.2 Å². The van der Waals surface area contributed by atoms with Crippen LogP contribution in [0.4, 0.5) is 0 Å². The van der Waals surface area contributed by atoms with Crippen LogP contribution in [-0.4, -0.2) is 52.5 Å². The summed E-state index contributed by atoms with van der Waals surface area (Å²) in [6.07, 6.45) is 0.776. The van der Waals surface area contributed by atoms with Gasteiger partial charge in [-0.2, -0.15) is 0 Å². The van der Waals surface area contributed by atoms with Crippen molar-refractivity contribution in [3.8, 4) is 11.5 Å². The molecule has 0 bridgehead atoms. The minimum atomic E-state index is -1.46. The van der Waals surface area contributed by atoms with Gasteiger partial charge in [0, 0.05) is 12.5 Å². The van der Waals surface area contributed by atoms with E-state index in [0.717, 1.165) is 0 Å². The summed E-state index contributed by atoms with van der Waals surface area (Å²) in [6, 6.07) is 2.87. The average Bonchev–Trinajstić information content (AvgIpc) is 2.59. The molecule has 0 saturated heterocycles. The number of phenolic OH excluding ortho intramolecular Hbond substituents is 1. The molecule has 1 aromatic carbocycles. The van der Waals surface area contributed by atoms with E-state index in [2.05, 4.69) is 0 Å². The fourth-order valence-corrected chi connectivity index (χ4v) is 2.78. The normalized spacial score (nSPS) is 26.4. The molecule has 0 unspecified atom stereocenters. The van der Waals surface area contributed by atoms with Crippen LogP contribution in [0.15, 0.2) is 18.2 Å². The number of aromatic hydroxyl groups is 1. The third kappa shape index (κ3) is 4.83. The van der Waals surface area contributed by atoms with Crippen molar-refractivity contribution in [2.75, 3.05) is 7.11 Å². The predicted octanol–water partition coefficient (Wildman–Crippen LogP) is 1.82. The summed E-state index contributed by atoms with van der Waals surface area (Å²) < 4.78 is 10.5. The molecule has 0 aromatic heterocycles. The van der Waals surface area contributed by atoms with Crippen LogP contribution in [-0.2, 0) is 9.53 Å². The first kappa shape index (κ1) is 19.9. The van der Waals surface area contributed by atoms with Gasteiger partial charge in [0.2, 0.25) is 0 Å². The van der Waals surface area contributed by atoms with Crippen LogP contribution in [0.5, 0.6) is 11.5 Å². The van der Waals surface area contributed by atoms with E-state index in [1.807, 2.05) is 0 Å². The maximum absolute atomic E-state index is 12.5. The van der Waals surface area contributed by atoms with E-state index in [-0.39, 0.29) is 24.2 Å². The van der Waals surface area contributed by atoms with Crippen LogP contribution >= 0.6 is 0 Å². The summed E-state index contributed by atoms with van der Waals surface area (Å²) in [5.74, 6) is -1.05. The number of aliphatic hydroxyl groups excluding tert-OH is 2. The molecular formula is C19H24O7. The van der Waals surface area contributed by atoms with Gasteiger partial charge in [-0.05, 0) is 37.8 Å². The maximum atomic E-state index is 12.5. The molecule has 0 saturated carbocycles. The smallest absolute Gasteiger partial charge is 0.342 e. The molecule has 1 aromatic rings. The number of carbonyl (C=O) groups is 2. The largest absolute Gasteiger partial charge is 0.507 e. The molecule has 0 radical (unpaired) electrons. The number of fused-ring (bicyclic) bond motifs is 1. The minimum absolute atomic E-state index is 0.00271. The number of benzene rings is 1. The first-order chi connectivity index (χ1) is 12.3. The van der Waals surface area contributed by atoms with E-state index in [9.17, 15) is 24.9 Å². The van der Waals surface area contributed by atoms with Gasteiger partial charge in [-0.3, -0.25) is 4.79 Å². The van der Waals surface area contributed by atoms with Gasteiger partial charge in [-0.1, -0.05) is 12.2 Å². The van der Waals surface area contributed by atoms with Crippen molar-refractivity contribution in [2.45, 2.75) is 50.9 Å².